The Morgan fingerprint density at radius 1 is 1.32 bits per heavy atom. The number of alkyl halides is 1. The molecule has 9 nitrogen and oxygen atoms in total. The fraction of sp³-hybridized carbons (Fsp3) is 0.526. The van der Waals surface area contributed by atoms with Crippen LogP contribution in [-0.4, -0.2) is 53.2 Å². The van der Waals surface area contributed by atoms with Crippen molar-refractivity contribution in [2.45, 2.75) is 56.2 Å². The summed E-state index contributed by atoms with van der Waals surface area (Å²) in [6, 6.07) is 4.47. The molecule has 1 unspecified atom stereocenters. The molecule has 0 amide bonds. The number of aromatic nitrogens is 4. The number of methoxy groups -OCH3 is 1. The maximum Gasteiger partial charge on any atom is 0.335 e. The van der Waals surface area contributed by atoms with E-state index in [1.54, 1.807) is 24.7 Å². The van der Waals surface area contributed by atoms with Crippen LogP contribution in [0.3, 0.4) is 0 Å². The molecule has 1 atom stereocenters. The number of fused-ring (bicyclic) bond motifs is 1. The van der Waals surface area contributed by atoms with E-state index in [-0.39, 0.29) is 16.7 Å². The van der Waals surface area contributed by atoms with Gasteiger partial charge in [-0.25, -0.2) is 26.9 Å². The summed E-state index contributed by atoms with van der Waals surface area (Å²) in [5.74, 6) is 0. The molecule has 4 rings (SSSR count). The normalized spacial score (nSPS) is 16.6. The molecule has 168 valence electrons. The first-order valence-electron chi connectivity index (χ1n) is 9.88. The van der Waals surface area contributed by atoms with E-state index in [0.717, 1.165) is 0 Å². The lowest BCUT2D eigenvalue weighted by atomic mass is 10.2. The number of aryl methyl sites for hydroxylation is 2. The maximum atomic E-state index is 13.3. The molecule has 12 heteroatoms. The molecule has 1 aliphatic rings. The summed E-state index contributed by atoms with van der Waals surface area (Å²) in [5.41, 5.74) is -0.364. The highest BCUT2D eigenvalue weighted by Crippen LogP contribution is 2.37. The topological polar surface area (TPSA) is 108 Å². The average Bonchev–Trinajstić information content (AvgIpc) is 3.28. The summed E-state index contributed by atoms with van der Waals surface area (Å²) in [6.07, 6.45) is 1.49. The van der Waals surface area contributed by atoms with Crippen molar-refractivity contribution in [2.75, 3.05) is 13.8 Å². The number of ether oxygens (including phenoxy) is 1. The first-order valence-corrected chi connectivity index (χ1v) is 12.2. The SMILES string of the molecule is COC(C)CCn1c(=O)n(-c2nnc(C)s2)c2cc(S(=O)(=O)NC3(CF)CC3)ccc21. The van der Waals surface area contributed by atoms with Gasteiger partial charge in [0, 0.05) is 13.7 Å². The van der Waals surface area contributed by atoms with Gasteiger partial charge in [-0.2, -0.15) is 0 Å². The number of hydrogen-bond donors (Lipinski definition) is 1. The Bertz CT molecular complexity index is 1280. The maximum absolute atomic E-state index is 13.3. The smallest absolute Gasteiger partial charge is 0.335 e. The number of halogens is 1. The lowest BCUT2D eigenvalue weighted by Crippen LogP contribution is -2.38. The first-order chi connectivity index (χ1) is 14.7. The minimum atomic E-state index is -3.95. The van der Waals surface area contributed by atoms with Crippen LogP contribution in [0.25, 0.3) is 16.2 Å². The zero-order chi connectivity index (χ0) is 22.4. The van der Waals surface area contributed by atoms with E-state index in [1.807, 2.05) is 6.92 Å². The number of nitrogens with one attached hydrogen (secondary N) is 1. The Labute approximate surface area is 182 Å². The second-order valence-electron chi connectivity index (χ2n) is 7.88. The van der Waals surface area contributed by atoms with Crippen molar-refractivity contribution >= 4 is 32.4 Å². The number of sulfonamides is 1. The van der Waals surface area contributed by atoms with Crippen molar-refractivity contribution in [1.29, 1.82) is 0 Å². The molecule has 1 N–H and O–H groups in total. The molecule has 0 radical (unpaired) electrons. The number of nitrogens with zero attached hydrogens (tertiary/aromatic N) is 4. The van der Waals surface area contributed by atoms with Crippen LogP contribution in [0.4, 0.5) is 4.39 Å². The third kappa shape index (κ3) is 4.16. The number of imidazole rings is 1. The van der Waals surface area contributed by atoms with Gasteiger partial charge in [0.05, 0.1) is 27.6 Å². The second kappa shape index (κ2) is 8.08. The van der Waals surface area contributed by atoms with Crippen molar-refractivity contribution in [3.05, 3.63) is 33.7 Å². The first kappa shape index (κ1) is 22.1. The lowest BCUT2D eigenvalue weighted by molar-refractivity contribution is 0.107. The fourth-order valence-corrected chi connectivity index (χ4v) is 5.52. The molecule has 1 saturated carbocycles. The largest absolute Gasteiger partial charge is 0.382 e. The van der Waals surface area contributed by atoms with Gasteiger partial charge in [-0.05, 0) is 51.3 Å². The molecular formula is C19H24FN5O4S2. The molecule has 2 heterocycles. The van der Waals surface area contributed by atoms with Gasteiger partial charge in [0.2, 0.25) is 15.2 Å². The molecule has 1 aromatic carbocycles. The summed E-state index contributed by atoms with van der Waals surface area (Å²) < 4.78 is 49.7. The predicted molar refractivity (Wildman–Crippen MR) is 115 cm³/mol. The number of rotatable bonds is 9. The highest BCUT2D eigenvalue weighted by Gasteiger charge is 2.46. The molecule has 0 saturated heterocycles. The van der Waals surface area contributed by atoms with Crippen LogP contribution in [0.1, 0.15) is 31.2 Å². The Balaban J connectivity index is 1.84. The molecule has 2 aromatic heterocycles. The minimum Gasteiger partial charge on any atom is -0.382 e. The molecular weight excluding hydrogens is 445 g/mol. The summed E-state index contributed by atoms with van der Waals surface area (Å²) in [5, 5.41) is 9.10. The summed E-state index contributed by atoms with van der Waals surface area (Å²) >= 11 is 1.24. The average molecular weight is 470 g/mol. The van der Waals surface area contributed by atoms with Crippen molar-refractivity contribution in [2.24, 2.45) is 0 Å². The molecule has 31 heavy (non-hydrogen) atoms. The number of hydrogen-bond acceptors (Lipinski definition) is 7. The van der Waals surface area contributed by atoms with E-state index in [2.05, 4.69) is 14.9 Å². The molecule has 0 bridgehead atoms. The quantitative estimate of drug-likeness (QED) is 0.515. The highest BCUT2D eigenvalue weighted by atomic mass is 32.2. The van der Waals surface area contributed by atoms with Crippen molar-refractivity contribution in [1.82, 2.24) is 24.1 Å². The van der Waals surface area contributed by atoms with Gasteiger partial charge in [-0.1, -0.05) is 11.3 Å². The van der Waals surface area contributed by atoms with E-state index in [0.29, 0.717) is 47.0 Å². The van der Waals surface area contributed by atoms with E-state index in [9.17, 15) is 17.6 Å². The van der Waals surface area contributed by atoms with Crippen LogP contribution >= 0.6 is 11.3 Å². The van der Waals surface area contributed by atoms with Crippen molar-refractivity contribution < 1.29 is 17.5 Å². The van der Waals surface area contributed by atoms with E-state index in [1.165, 1.54) is 28.0 Å². The molecule has 1 aliphatic carbocycles. The van der Waals surface area contributed by atoms with Gasteiger partial charge in [0.25, 0.3) is 0 Å². The molecule has 0 aliphatic heterocycles. The third-order valence-electron chi connectivity index (χ3n) is 5.54. The Hall–Kier alpha value is -2.15. The van der Waals surface area contributed by atoms with Gasteiger partial charge in [0.1, 0.15) is 11.7 Å². The second-order valence-corrected chi connectivity index (χ2v) is 10.7. The van der Waals surface area contributed by atoms with E-state index in [4.69, 9.17) is 4.74 Å². The lowest BCUT2D eigenvalue weighted by Gasteiger charge is -2.14. The van der Waals surface area contributed by atoms with Gasteiger partial charge >= 0.3 is 5.69 Å². The monoisotopic (exact) mass is 469 g/mol. The molecule has 3 aromatic rings. The van der Waals surface area contributed by atoms with Gasteiger partial charge in [-0.15, -0.1) is 10.2 Å². The third-order valence-corrected chi connectivity index (χ3v) is 7.94. The van der Waals surface area contributed by atoms with Gasteiger partial charge in [-0.3, -0.25) is 4.57 Å². The van der Waals surface area contributed by atoms with Crippen LogP contribution in [0, 0.1) is 6.92 Å². The van der Waals surface area contributed by atoms with Crippen LogP contribution < -0.4 is 10.4 Å². The van der Waals surface area contributed by atoms with Crippen LogP contribution in [-0.2, 0) is 21.3 Å². The molecule has 0 spiro atoms. The Morgan fingerprint density at radius 3 is 2.65 bits per heavy atom. The minimum absolute atomic E-state index is 0.0304. The molecule has 1 fully saturated rings. The predicted octanol–water partition coefficient (Wildman–Crippen LogP) is 2.16. The standard InChI is InChI=1S/C19H24FN5O4S2/c1-12(29-3)6-9-24-15-5-4-14(31(27,28)23-19(11-20)7-8-19)10-16(15)25(18(24)26)17-22-21-13(2)30-17/h4-5,10,12,23H,6-9,11H2,1-3H3. The van der Waals surface area contributed by atoms with Gasteiger partial charge in [0.15, 0.2) is 0 Å². The summed E-state index contributed by atoms with van der Waals surface area (Å²) in [7, 11) is -2.35. The number of benzene rings is 1. The van der Waals surface area contributed by atoms with Crippen molar-refractivity contribution in [3.63, 3.8) is 0 Å². The van der Waals surface area contributed by atoms with Crippen LogP contribution in [0.2, 0.25) is 0 Å². The van der Waals surface area contributed by atoms with Crippen molar-refractivity contribution in [3.8, 4) is 5.13 Å². The summed E-state index contributed by atoms with van der Waals surface area (Å²) in [6.45, 7) is 3.33. The zero-order valence-corrected chi connectivity index (χ0v) is 19.1. The highest BCUT2D eigenvalue weighted by molar-refractivity contribution is 7.89. The van der Waals surface area contributed by atoms with Gasteiger partial charge < -0.3 is 4.74 Å². The van der Waals surface area contributed by atoms with E-state index < -0.39 is 22.2 Å². The Kier molecular flexibility index (Phi) is 5.75. The van der Waals surface area contributed by atoms with Crippen LogP contribution in [0.15, 0.2) is 27.9 Å². The Morgan fingerprint density at radius 2 is 2.06 bits per heavy atom. The van der Waals surface area contributed by atoms with Crippen LogP contribution in [0.5, 0.6) is 0 Å². The summed E-state index contributed by atoms with van der Waals surface area (Å²) in [4.78, 5) is 13.2. The van der Waals surface area contributed by atoms with E-state index >= 15 is 0 Å². The fourth-order valence-electron chi connectivity index (χ4n) is 3.37. The zero-order valence-electron chi connectivity index (χ0n) is 17.5.